The van der Waals surface area contributed by atoms with Crippen molar-refractivity contribution in [2.24, 2.45) is 0 Å². The van der Waals surface area contributed by atoms with Gasteiger partial charge < -0.3 is 14.9 Å². The van der Waals surface area contributed by atoms with E-state index in [2.05, 4.69) is 6.07 Å². The third-order valence-electron chi connectivity index (χ3n) is 8.69. The molecule has 0 saturated heterocycles. The second-order valence-electron chi connectivity index (χ2n) is 13.8. The molecule has 2 aromatic carbocycles. The SMILES string of the molecule is CC(C)(C)c1cc(C(=O)O)c(OC(=O)c2cc(C3CCCCC3)cc(C3CCCCC3)c2O)c(C(C)(C)C)c1. The molecule has 2 fully saturated rings. The van der Waals surface area contributed by atoms with Crippen LogP contribution in [0.1, 0.15) is 161 Å². The second-order valence-corrected chi connectivity index (χ2v) is 13.8. The van der Waals surface area contributed by atoms with Crippen LogP contribution in [0.25, 0.3) is 0 Å². The Kier molecular flexibility index (Phi) is 8.49. The van der Waals surface area contributed by atoms with Gasteiger partial charge in [0.05, 0.1) is 0 Å². The zero-order valence-corrected chi connectivity index (χ0v) is 24.7. The lowest BCUT2D eigenvalue weighted by Gasteiger charge is -2.29. The van der Waals surface area contributed by atoms with E-state index in [4.69, 9.17) is 4.74 Å². The summed E-state index contributed by atoms with van der Waals surface area (Å²) in [6.45, 7) is 12.1. The molecular weight excluding hydrogens is 488 g/mol. The quantitative estimate of drug-likeness (QED) is 0.295. The van der Waals surface area contributed by atoms with E-state index in [1.54, 1.807) is 12.1 Å². The maximum absolute atomic E-state index is 13.9. The van der Waals surface area contributed by atoms with Crippen molar-refractivity contribution in [3.63, 3.8) is 0 Å². The van der Waals surface area contributed by atoms with Crippen LogP contribution in [-0.2, 0) is 10.8 Å². The van der Waals surface area contributed by atoms with Crippen molar-refractivity contribution in [2.45, 2.75) is 128 Å². The van der Waals surface area contributed by atoms with Crippen LogP contribution in [0.3, 0.4) is 0 Å². The smallest absolute Gasteiger partial charge is 0.347 e. The number of phenols is 1. The summed E-state index contributed by atoms with van der Waals surface area (Å²) < 4.78 is 6.00. The highest BCUT2D eigenvalue weighted by molar-refractivity contribution is 5.98. The number of hydrogen-bond donors (Lipinski definition) is 2. The lowest BCUT2D eigenvalue weighted by molar-refractivity contribution is 0.0679. The molecule has 0 unspecified atom stereocenters. The van der Waals surface area contributed by atoms with E-state index in [1.807, 2.05) is 47.6 Å². The summed E-state index contributed by atoms with van der Waals surface area (Å²) in [6, 6.07) is 7.52. The predicted molar refractivity (Wildman–Crippen MR) is 156 cm³/mol. The number of aromatic carboxylic acids is 1. The summed E-state index contributed by atoms with van der Waals surface area (Å²) >= 11 is 0. The molecule has 2 saturated carbocycles. The molecule has 0 bridgehead atoms. The van der Waals surface area contributed by atoms with Crippen LogP contribution in [0.4, 0.5) is 0 Å². The fraction of sp³-hybridized carbons (Fsp3) is 0.588. The van der Waals surface area contributed by atoms with Gasteiger partial charge in [0.2, 0.25) is 0 Å². The molecule has 39 heavy (non-hydrogen) atoms. The molecule has 0 aromatic heterocycles. The Labute approximate surface area is 234 Å². The van der Waals surface area contributed by atoms with Gasteiger partial charge in [-0.2, -0.15) is 0 Å². The van der Waals surface area contributed by atoms with Crippen molar-refractivity contribution >= 4 is 11.9 Å². The maximum atomic E-state index is 13.9. The molecule has 2 aliphatic carbocycles. The number of phenolic OH excluding ortho intramolecular Hbond substituents is 1. The van der Waals surface area contributed by atoms with Gasteiger partial charge in [-0.05, 0) is 77.2 Å². The van der Waals surface area contributed by atoms with Gasteiger partial charge in [0, 0.05) is 5.56 Å². The Morgan fingerprint density at radius 3 is 1.82 bits per heavy atom. The van der Waals surface area contributed by atoms with Crippen molar-refractivity contribution in [3.8, 4) is 11.5 Å². The fourth-order valence-corrected chi connectivity index (χ4v) is 6.27. The number of ether oxygens (including phenoxy) is 1. The normalized spacial score (nSPS) is 17.7. The molecule has 0 spiro atoms. The number of carbonyl (C=O) groups is 2. The van der Waals surface area contributed by atoms with Gasteiger partial charge in [-0.1, -0.05) is 92.2 Å². The van der Waals surface area contributed by atoms with E-state index in [0.717, 1.165) is 55.2 Å². The average Bonchev–Trinajstić information content (AvgIpc) is 2.88. The first kappa shape index (κ1) is 29.2. The summed E-state index contributed by atoms with van der Waals surface area (Å²) in [6.07, 6.45) is 11.2. The van der Waals surface area contributed by atoms with E-state index < -0.39 is 17.4 Å². The van der Waals surface area contributed by atoms with Gasteiger partial charge >= 0.3 is 11.9 Å². The molecule has 0 heterocycles. The highest BCUT2D eigenvalue weighted by Gasteiger charge is 2.32. The standard InChI is InChI=1S/C34H46O5/c1-33(2,3)24-19-27(31(36)37)30(28(20-24)34(4,5)6)39-32(38)26-18-23(21-13-9-7-10-14-21)17-25(29(26)35)22-15-11-8-12-16-22/h17-22,35H,7-16H2,1-6H3,(H,36,37). The third-order valence-corrected chi connectivity index (χ3v) is 8.69. The number of benzene rings is 2. The molecule has 2 aliphatic rings. The minimum Gasteiger partial charge on any atom is -0.507 e. The number of aromatic hydroxyl groups is 1. The Morgan fingerprint density at radius 1 is 0.744 bits per heavy atom. The van der Waals surface area contributed by atoms with Gasteiger partial charge in [0.1, 0.15) is 22.6 Å². The minimum atomic E-state index is -1.14. The summed E-state index contributed by atoms with van der Waals surface area (Å²) in [5.74, 6) is -1.20. The fourth-order valence-electron chi connectivity index (χ4n) is 6.27. The Bertz CT molecular complexity index is 1220. The van der Waals surface area contributed by atoms with Crippen LogP contribution in [-0.4, -0.2) is 22.2 Å². The average molecular weight is 535 g/mol. The van der Waals surface area contributed by atoms with E-state index in [0.29, 0.717) is 11.5 Å². The summed E-state index contributed by atoms with van der Waals surface area (Å²) in [7, 11) is 0. The third kappa shape index (κ3) is 6.50. The van der Waals surface area contributed by atoms with Gasteiger partial charge in [-0.15, -0.1) is 0 Å². The number of esters is 1. The number of rotatable bonds is 5. The number of carbonyl (C=O) groups excluding carboxylic acids is 1. The van der Waals surface area contributed by atoms with Crippen LogP contribution in [0.15, 0.2) is 24.3 Å². The Morgan fingerprint density at radius 2 is 1.31 bits per heavy atom. The largest absolute Gasteiger partial charge is 0.507 e. The molecule has 0 radical (unpaired) electrons. The molecule has 5 heteroatoms. The zero-order valence-electron chi connectivity index (χ0n) is 24.7. The van der Waals surface area contributed by atoms with Gasteiger partial charge in [-0.3, -0.25) is 0 Å². The number of hydrogen-bond acceptors (Lipinski definition) is 4. The first-order valence-electron chi connectivity index (χ1n) is 14.8. The number of carboxylic acid groups (broad SMARTS) is 1. The molecule has 0 amide bonds. The van der Waals surface area contributed by atoms with Crippen molar-refractivity contribution in [2.75, 3.05) is 0 Å². The zero-order chi connectivity index (χ0) is 28.5. The van der Waals surface area contributed by atoms with Crippen molar-refractivity contribution in [3.05, 3.63) is 57.6 Å². The summed E-state index contributed by atoms with van der Waals surface area (Å²) in [5.41, 5.74) is 2.84. The highest BCUT2D eigenvalue weighted by Crippen LogP contribution is 2.44. The van der Waals surface area contributed by atoms with E-state index >= 15 is 0 Å². The highest BCUT2D eigenvalue weighted by atomic mass is 16.5. The van der Waals surface area contributed by atoms with E-state index in [9.17, 15) is 19.8 Å². The Hall–Kier alpha value is -2.82. The van der Waals surface area contributed by atoms with Gasteiger partial charge in [0.25, 0.3) is 0 Å². The van der Waals surface area contributed by atoms with Crippen molar-refractivity contribution < 1.29 is 24.5 Å². The maximum Gasteiger partial charge on any atom is 0.347 e. The predicted octanol–water partition coefficient (Wildman–Crippen LogP) is 9.00. The second kappa shape index (κ2) is 11.3. The Balaban J connectivity index is 1.83. The van der Waals surface area contributed by atoms with Crippen LogP contribution in [0.2, 0.25) is 0 Å². The lowest BCUT2D eigenvalue weighted by atomic mass is 9.78. The first-order valence-corrected chi connectivity index (χ1v) is 14.8. The van der Waals surface area contributed by atoms with Gasteiger partial charge in [0.15, 0.2) is 0 Å². The van der Waals surface area contributed by atoms with Crippen LogP contribution in [0.5, 0.6) is 11.5 Å². The van der Waals surface area contributed by atoms with Crippen molar-refractivity contribution in [1.29, 1.82) is 0 Å². The van der Waals surface area contributed by atoms with E-state index in [1.165, 1.54) is 25.7 Å². The molecule has 5 nitrogen and oxygen atoms in total. The molecule has 0 aliphatic heterocycles. The molecular formula is C34H46O5. The lowest BCUT2D eigenvalue weighted by Crippen LogP contribution is -2.22. The van der Waals surface area contributed by atoms with Crippen LogP contribution < -0.4 is 4.74 Å². The molecule has 2 N–H and O–H groups in total. The minimum absolute atomic E-state index is 0.00745. The monoisotopic (exact) mass is 534 g/mol. The summed E-state index contributed by atoms with van der Waals surface area (Å²) in [5, 5.41) is 21.6. The first-order chi connectivity index (χ1) is 18.3. The van der Waals surface area contributed by atoms with Crippen LogP contribution in [0, 0.1) is 0 Å². The molecule has 212 valence electrons. The topological polar surface area (TPSA) is 83.8 Å². The molecule has 0 atom stereocenters. The van der Waals surface area contributed by atoms with Crippen molar-refractivity contribution in [1.82, 2.24) is 0 Å². The molecule has 2 aromatic rings. The summed E-state index contributed by atoms with van der Waals surface area (Å²) in [4.78, 5) is 26.3. The molecule has 4 rings (SSSR count). The van der Waals surface area contributed by atoms with Crippen LogP contribution >= 0.6 is 0 Å². The van der Waals surface area contributed by atoms with E-state index in [-0.39, 0.29) is 34.0 Å². The number of carboxylic acids is 1. The van der Waals surface area contributed by atoms with Gasteiger partial charge in [-0.25, -0.2) is 9.59 Å².